The quantitative estimate of drug-likeness (QED) is 0.775. The Morgan fingerprint density at radius 3 is 2.39 bits per heavy atom. The summed E-state index contributed by atoms with van der Waals surface area (Å²) in [6.07, 6.45) is 1.88. The van der Waals surface area contributed by atoms with E-state index >= 15 is 0 Å². The molecule has 1 N–H and O–H groups in total. The van der Waals surface area contributed by atoms with Gasteiger partial charge in [0.25, 0.3) is 0 Å². The lowest BCUT2D eigenvalue weighted by atomic mass is 9.99. The maximum Gasteiger partial charge on any atom is 0.250 e. The Hall–Kier alpha value is 0.190. The van der Waals surface area contributed by atoms with Crippen molar-refractivity contribution in [3.05, 3.63) is 16.5 Å². The smallest absolute Gasteiger partial charge is 0.209 e. The van der Waals surface area contributed by atoms with Gasteiger partial charge in [-0.1, -0.05) is 38.3 Å². The van der Waals surface area contributed by atoms with Crippen molar-refractivity contribution in [2.24, 2.45) is 5.92 Å². The molecule has 0 aliphatic heterocycles. The van der Waals surface area contributed by atoms with Crippen LogP contribution in [0.15, 0.2) is 16.3 Å². The fourth-order valence-corrected chi connectivity index (χ4v) is 4.78. The number of sulfonamides is 1. The summed E-state index contributed by atoms with van der Waals surface area (Å²) in [5.41, 5.74) is 0. The van der Waals surface area contributed by atoms with E-state index in [1.165, 1.54) is 6.07 Å². The number of nitrogens with one attached hydrogen (secondary N) is 1. The molecule has 3 nitrogen and oxygen atoms in total. The minimum absolute atomic E-state index is 0.190. The molecule has 18 heavy (non-hydrogen) atoms. The third-order valence-corrected chi connectivity index (χ3v) is 6.50. The molecule has 1 aromatic heterocycles. The number of hydrogen-bond donors (Lipinski definition) is 1. The van der Waals surface area contributed by atoms with Crippen molar-refractivity contribution in [2.45, 2.75) is 36.3 Å². The Bertz CT molecular complexity index is 469. The van der Waals surface area contributed by atoms with Gasteiger partial charge in [0, 0.05) is 11.9 Å². The van der Waals surface area contributed by atoms with E-state index in [9.17, 15) is 8.42 Å². The molecule has 104 valence electrons. The van der Waals surface area contributed by atoms with Crippen LogP contribution in [0.4, 0.5) is 0 Å². The predicted molar refractivity (Wildman–Crippen MR) is 78.2 cm³/mol. The summed E-state index contributed by atoms with van der Waals surface area (Å²) >= 11 is 13.0. The van der Waals surface area contributed by atoms with Crippen LogP contribution < -0.4 is 4.72 Å². The van der Waals surface area contributed by atoms with Crippen LogP contribution in [0.2, 0.25) is 4.34 Å². The largest absolute Gasteiger partial charge is 0.250 e. The molecular weight excluding hydrogens is 313 g/mol. The van der Waals surface area contributed by atoms with Crippen molar-refractivity contribution in [3.63, 3.8) is 0 Å². The molecule has 0 bridgehead atoms. The molecule has 0 fully saturated rings. The number of rotatable bonds is 7. The third kappa shape index (κ3) is 4.38. The lowest BCUT2D eigenvalue weighted by Crippen LogP contribution is -2.32. The van der Waals surface area contributed by atoms with Gasteiger partial charge in [-0.2, -0.15) is 0 Å². The zero-order chi connectivity index (χ0) is 13.8. The summed E-state index contributed by atoms with van der Waals surface area (Å²) in [5.74, 6) is 0.321. The Balaban J connectivity index is 2.62. The molecule has 1 heterocycles. The summed E-state index contributed by atoms with van der Waals surface area (Å²) in [7, 11) is -3.48. The highest BCUT2D eigenvalue weighted by atomic mass is 35.5. The third-order valence-electron chi connectivity index (χ3n) is 2.84. The van der Waals surface area contributed by atoms with E-state index < -0.39 is 10.0 Å². The average molecular weight is 330 g/mol. The Kier molecular flexibility index (Phi) is 6.41. The van der Waals surface area contributed by atoms with Crippen LogP contribution in [0.3, 0.4) is 0 Å². The van der Waals surface area contributed by atoms with Gasteiger partial charge >= 0.3 is 0 Å². The number of hydrogen-bond acceptors (Lipinski definition) is 3. The first-order valence-electron chi connectivity index (χ1n) is 5.79. The topological polar surface area (TPSA) is 46.2 Å². The lowest BCUT2D eigenvalue weighted by Gasteiger charge is -2.19. The van der Waals surface area contributed by atoms with Gasteiger partial charge in [0.05, 0.1) is 4.34 Å². The Morgan fingerprint density at radius 1 is 1.33 bits per heavy atom. The van der Waals surface area contributed by atoms with Gasteiger partial charge in [0.1, 0.15) is 4.21 Å². The first-order chi connectivity index (χ1) is 8.40. The van der Waals surface area contributed by atoms with Crippen molar-refractivity contribution in [1.82, 2.24) is 4.72 Å². The predicted octanol–water partition coefficient (Wildman–Crippen LogP) is 3.72. The van der Waals surface area contributed by atoms with Crippen LogP contribution in [-0.2, 0) is 10.0 Å². The van der Waals surface area contributed by atoms with E-state index in [0.717, 1.165) is 24.2 Å². The van der Waals surface area contributed by atoms with Crippen molar-refractivity contribution >= 4 is 44.6 Å². The maximum absolute atomic E-state index is 11.9. The van der Waals surface area contributed by atoms with Crippen LogP contribution in [0.1, 0.15) is 26.7 Å². The van der Waals surface area contributed by atoms with Crippen LogP contribution in [0.25, 0.3) is 0 Å². The van der Waals surface area contributed by atoms with Crippen molar-refractivity contribution in [1.29, 1.82) is 0 Å². The van der Waals surface area contributed by atoms with Gasteiger partial charge in [-0.25, -0.2) is 13.1 Å². The molecule has 0 aromatic carbocycles. The van der Waals surface area contributed by atoms with E-state index in [4.69, 9.17) is 23.2 Å². The minimum atomic E-state index is -3.48. The van der Waals surface area contributed by atoms with E-state index in [1.54, 1.807) is 6.07 Å². The van der Waals surface area contributed by atoms with Crippen molar-refractivity contribution in [2.75, 3.05) is 6.54 Å². The van der Waals surface area contributed by atoms with E-state index in [1.807, 2.05) is 0 Å². The second-order valence-corrected chi connectivity index (χ2v) is 8.27. The van der Waals surface area contributed by atoms with Gasteiger partial charge in [-0.15, -0.1) is 22.9 Å². The Morgan fingerprint density at radius 2 is 1.94 bits per heavy atom. The molecule has 0 aliphatic carbocycles. The zero-order valence-electron chi connectivity index (χ0n) is 10.3. The summed E-state index contributed by atoms with van der Waals surface area (Å²) in [4.78, 5) is 0. The Labute approximate surface area is 123 Å². The molecule has 1 aromatic rings. The highest BCUT2D eigenvalue weighted by molar-refractivity contribution is 7.91. The molecule has 1 rings (SSSR count). The zero-order valence-corrected chi connectivity index (χ0v) is 13.5. The lowest BCUT2D eigenvalue weighted by molar-refractivity contribution is 0.460. The highest BCUT2D eigenvalue weighted by Gasteiger charge is 2.21. The molecule has 1 unspecified atom stereocenters. The van der Waals surface area contributed by atoms with Crippen LogP contribution >= 0.6 is 34.5 Å². The molecule has 0 saturated heterocycles. The van der Waals surface area contributed by atoms with Gasteiger partial charge in [0.15, 0.2) is 0 Å². The fraction of sp³-hybridized carbons (Fsp3) is 0.636. The van der Waals surface area contributed by atoms with Crippen molar-refractivity contribution in [3.8, 4) is 0 Å². The molecule has 0 radical (unpaired) electrons. The van der Waals surface area contributed by atoms with Crippen LogP contribution in [0, 0.1) is 5.92 Å². The van der Waals surface area contributed by atoms with Gasteiger partial charge in [0.2, 0.25) is 10.0 Å². The molecule has 1 atom stereocenters. The summed E-state index contributed by atoms with van der Waals surface area (Å²) < 4.78 is 27.1. The first kappa shape index (κ1) is 16.2. The van der Waals surface area contributed by atoms with E-state index in [-0.39, 0.29) is 16.1 Å². The standard InChI is InChI=1S/C11H17Cl2NO2S2/c1-3-8(4-2)9(12)7-14-18(15,16)11-6-5-10(13)17-11/h5-6,8-9,14H,3-4,7H2,1-2H3. The fourth-order valence-electron chi connectivity index (χ4n) is 1.67. The first-order valence-corrected chi connectivity index (χ1v) is 8.91. The van der Waals surface area contributed by atoms with E-state index in [2.05, 4.69) is 18.6 Å². The monoisotopic (exact) mass is 329 g/mol. The van der Waals surface area contributed by atoms with Crippen LogP contribution in [0.5, 0.6) is 0 Å². The average Bonchev–Trinajstić information content (AvgIpc) is 2.76. The van der Waals surface area contributed by atoms with Crippen LogP contribution in [-0.4, -0.2) is 20.3 Å². The summed E-state index contributed by atoms with van der Waals surface area (Å²) in [6.45, 7) is 4.35. The number of alkyl halides is 1. The highest BCUT2D eigenvalue weighted by Crippen LogP contribution is 2.25. The second-order valence-electron chi connectivity index (χ2n) is 4.00. The molecule has 7 heteroatoms. The van der Waals surface area contributed by atoms with Crippen molar-refractivity contribution < 1.29 is 8.42 Å². The normalized spacial score (nSPS) is 14.1. The molecule has 0 spiro atoms. The molecule has 0 saturated carbocycles. The second kappa shape index (κ2) is 7.10. The molecule has 0 amide bonds. The maximum atomic E-state index is 11.9. The molecule has 0 aliphatic rings. The number of halogens is 2. The van der Waals surface area contributed by atoms with Gasteiger partial charge < -0.3 is 0 Å². The molecular formula is C11H17Cl2NO2S2. The number of thiophene rings is 1. The van der Waals surface area contributed by atoms with Gasteiger partial charge in [-0.05, 0) is 18.1 Å². The van der Waals surface area contributed by atoms with Gasteiger partial charge in [-0.3, -0.25) is 0 Å². The minimum Gasteiger partial charge on any atom is -0.209 e. The SMILES string of the molecule is CCC(CC)C(Cl)CNS(=O)(=O)c1ccc(Cl)s1. The summed E-state index contributed by atoms with van der Waals surface area (Å²) in [6, 6.07) is 3.07. The summed E-state index contributed by atoms with van der Waals surface area (Å²) in [5, 5.41) is -0.190. The van der Waals surface area contributed by atoms with E-state index in [0.29, 0.717) is 10.3 Å².